The highest BCUT2D eigenvalue weighted by Crippen LogP contribution is 2.41. The maximum Gasteiger partial charge on any atom is 0.342 e. The number of hydrogen-bond donors (Lipinski definition) is 1. The Morgan fingerprint density at radius 1 is 0.700 bits per heavy atom. The van der Waals surface area contributed by atoms with E-state index in [1.165, 1.54) is 36.4 Å². The van der Waals surface area contributed by atoms with Gasteiger partial charge in [0.2, 0.25) is 19.7 Å². The van der Waals surface area contributed by atoms with Crippen molar-refractivity contribution in [1.82, 2.24) is 0 Å². The van der Waals surface area contributed by atoms with E-state index in [9.17, 15) is 21.9 Å². The summed E-state index contributed by atoms with van der Waals surface area (Å²) in [5.74, 6) is 0. The summed E-state index contributed by atoms with van der Waals surface area (Å²) in [6, 6.07) is 21.6. The van der Waals surface area contributed by atoms with E-state index >= 15 is 4.39 Å². The van der Waals surface area contributed by atoms with Crippen LogP contribution >= 0.6 is 0 Å². The van der Waals surface area contributed by atoms with E-state index in [4.69, 9.17) is 0 Å². The van der Waals surface area contributed by atoms with Gasteiger partial charge in [0.05, 0.1) is 9.79 Å². The van der Waals surface area contributed by atoms with Crippen LogP contribution in [0.5, 0.6) is 0 Å². The first kappa shape index (κ1) is 22.1. The van der Waals surface area contributed by atoms with E-state index in [1.807, 2.05) is 0 Å². The van der Waals surface area contributed by atoms with Gasteiger partial charge in [0, 0.05) is 0 Å². The molecule has 0 aliphatic carbocycles. The summed E-state index contributed by atoms with van der Waals surface area (Å²) >= 11 is 0. The monoisotopic (exact) mass is 448 g/mol. The van der Waals surface area contributed by atoms with Crippen LogP contribution in [0.25, 0.3) is 0 Å². The number of rotatable bonds is 8. The normalized spacial score (nSPS) is 13.7. The lowest BCUT2D eigenvalue weighted by Gasteiger charge is -2.30. The fourth-order valence-corrected chi connectivity index (χ4v) is 7.50. The SMILES string of the molecule is O=S(=O)(c1ccccc1)C(F)(C(O)CCc1ccccc1)S(=O)(=O)c1ccccc1. The number of benzene rings is 3. The van der Waals surface area contributed by atoms with E-state index in [0.717, 1.165) is 24.3 Å². The van der Waals surface area contributed by atoms with Gasteiger partial charge in [0.1, 0.15) is 6.10 Å². The van der Waals surface area contributed by atoms with Crippen LogP contribution in [0.1, 0.15) is 12.0 Å². The van der Waals surface area contributed by atoms with Crippen LogP contribution in [0.2, 0.25) is 0 Å². The third-order valence-electron chi connectivity index (χ3n) is 4.79. The molecule has 0 saturated carbocycles. The zero-order valence-electron chi connectivity index (χ0n) is 15.9. The minimum atomic E-state index is -5.11. The maximum absolute atomic E-state index is 16.4. The van der Waals surface area contributed by atoms with Crippen molar-refractivity contribution in [2.75, 3.05) is 0 Å². The largest absolute Gasteiger partial charge is 0.387 e. The molecule has 0 saturated heterocycles. The Kier molecular flexibility index (Phi) is 6.40. The van der Waals surface area contributed by atoms with Crippen molar-refractivity contribution in [1.29, 1.82) is 0 Å². The number of halogens is 1. The zero-order valence-corrected chi connectivity index (χ0v) is 17.6. The average molecular weight is 449 g/mol. The molecule has 1 N–H and O–H groups in total. The third kappa shape index (κ3) is 3.90. The number of sulfone groups is 2. The quantitative estimate of drug-likeness (QED) is 0.569. The lowest BCUT2D eigenvalue weighted by atomic mass is 10.1. The van der Waals surface area contributed by atoms with Crippen LogP contribution in [0.4, 0.5) is 4.39 Å². The Bertz CT molecular complexity index is 1110. The molecular weight excluding hydrogens is 427 g/mol. The number of aryl methyl sites for hydroxylation is 1. The van der Waals surface area contributed by atoms with Crippen LogP contribution < -0.4 is 0 Å². The van der Waals surface area contributed by atoms with Gasteiger partial charge in [0.15, 0.2) is 0 Å². The lowest BCUT2D eigenvalue weighted by Crippen LogP contribution is -2.52. The topological polar surface area (TPSA) is 88.5 Å². The molecule has 0 fully saturated rings. The predicted molar refractivity (Wildman–Crippen MR) is 112 cm³/mol. The van der Waals surface area contributed by atoms with E-state index in [-0.39, 0.29) is 6.42 Å². The number of alkyl halides is 1. The van der Waals surface area contributed by atoms with Crippen molar-refractivity contribution < 1.29 is 26.3 Å². The van der Waals surface area contributed by atoms with E-state index in [0.29, 0.717) is 5.56 Å². The van der Waals surface area contributed by atoms with Crippen LogP contribution in [-0.2, 0) is 26.1 Å². The molecule has 0 bridgehead atoms. The number of hydrogen-bond acceptors (Lipinski definition) is 5. The Hall–Kier alpha value is -2.55. The van der Waals surface area contributed by atoms with E-state index in [2.05, 4.69) is 0 Å². The minimum absolute atomic E-state index is 0.0995. The van der Waals surface area contributed by atoms with Crippen molar-refractivity contribution in [2.45, 2.75) is 33.1 Å². The molecule has 3 rings (SSSR count). The first-order chi connectivity index (χ1) is 14.2. The fourth-order valence-electron chi connectivity index (χ4n) is 3.14. The third-order valence-corrected chi connectivity index (χ3v) is 9.90. The molecular formula is C22H21FO5S2. The van der Waals surface area contributed by atoms with Gasteiger partial charge in [-0.1, -0.05) is 66.7 Å². The second-order valence-electron chi connectivity index (χ2n) is 6.76. The number of aliphatic hydroxyl groups excluding tert-OH is 1. The fraction of sp³-hybridized carbons (Fsp3) is 0.182. The summed E-state index contributed by atoms with van der Waals surface area (Å²) in [6.07, 6.45) is -2.62. The minimum Gasteiger partial charge on any atom is -0.387 e. The van der Waals surface area contributed by atoms with Gasteiger partial charge in [-0.3, -0.25) is 0 Å². The second kappa shape index (κ2) is 8.67. The Morgan fingerprint density at radius 3 is 1.47 bits per heavy atom. The Balaban J connectivity index is 2.11. The van der Waals surface area contributed by atoms with Crippen molar-refractivity contribution in [3.63, 3.8) is 0 Å². The summed E-state index contributed by atoms with van der Waals surface area (Å²) in [7, 11) is -10.2. The van der Waals surface area contributed by atoms with Crippen LogP contribution in [-0.4, -0.2) is 32.4 Å². The van der Waals surface area contributed by atoms with Crippen molar-refractivity contribution in [3.05, 3.63) is 96.6 Å². The molecule has 3 aromatic carbocycles. The second-order valence-corrected chi connectivity index (χ2v) is 11.2. The molecule has 1 unspecified atom stereocenters. The molecule has 30 heavy (non-hydrogen) atoms. The molecule has 158 valence electrons. The molecule has 8 heteroatoms. The van der Waals surface area contributed by atoms with Gasteiger partial charge in [-0.05, 0) is 42.7 Å². The van der Waals surface area contributed by atoms with E-state index < -0.39 is 46.3 Å². The summed E-state index contributed by atoms with van der Waals surface area (Å²) < 4.78 is 65.3. The Labute approximate surface area is 175 Å². The van der Waals surface area contributed by atoms with Crippen molar-refractivity contribution >= 4 is 19.7 Å². The highest BCUT2D eigenvalue weighted by Gasteiger charge is 2.62. The van der Waals surface area contributed by atoms with Crippen LogP contribution in [0, 0.1) is 0 Å². The van der Waals surface area contributed by atoms with Gasteiger partial charge in [-0.25, -0.2) is 21.2 Å². The van der Waals surface area contributed by atoms with Gasteiger partial charge in [-0.15, -0.1) is 0 Å². The van der Waals surface area contributed by atoms with Gasteiger partial charge < -0.3 is 5.11 Å². The van der Waals surface area contributed by atoms with Gasteiger partial charge in [-0.2, -0.15) is 0 Å². The van der Waals surface area contributed by atoms with Crippen LogP contribution in [0.15, 0.2) is 101 Å². The van der Waals surface area contributed by atoms with Crippen molar-refractivity contribution in [3.8, 4) is 0 Å². The first-order valence-corrected chi connectivity index (χ1v) is 12.2. The first-order valence-electron chi connectivity index (χ1n) is 9.21. The average Bonchev–Trinajstić information content (AvgIpc) is 2.78. The van der Waals surface area contributed by atoms with Gasteiger partial charge >= 0.3 is 4.33 Å². The molecule has 0 aromatic heterocycles. The highest BCUT2D eigenvalue weighted by molar-refractivity contribution is 8.10. The molecule has 5 nitrogen and oxygen atoms in total. The molecule has 0 spiro atoms. The molecule has 0 radical (unpaired) electrons. The van der Waals surface area contributed by atoms with Crippen molar-refractivity contribution in [2.24, 2.45) is 0 Å². The molecule has 0 aliphatic rings. The van der Waals surface area contributed by atoms with E-state index in [1.54, 1.807) is 30.3 Å². The summed E-state index contributed by atoms with van der Waals surface area (Å²) in [4.78, 5) is -1.04. The zero-order chi connectivity index (χ0) is 21.8. The Morgan fingerprint density at radius 2 is 1.07 bits per heavy atom. The standard InChI is InChI=1S/C22H21FO5S2/c23-22(29(25,26)19-12-6-2-7-13-19,30(27,28)20-14-8-3-9-15-20)21(24)17-16-18-10-4-1-5-11-18/h1-15,21,24H,16-17H2. The lowest BCUT2D eigenvalue weighted by molar-refractivity contribution is 0.0868. The number of aliphatic hydroxyl groups is 1. The van der Waals surface area contributed by atoms with Crippen LogP contribution in [0.3, 0.4) is 0 Å². The molecule has 1 atom stereocenters. The van der Waals surface area contributed by atoms with Gasteiger partial charge in [0.25, 0.3) is 0 Å². The smallest absolute Gasteiger partial charge is 0.342 e. The highest BCUT2D eigenvalue weighted by atomic mass is 32.3. The molecule has 0 amide bonds. The predicted octanol–water partition coefficient (Wildman–Crippen LogP) is 3.55. The molecule has 0 heterocycles. The maximum atomic E-state index is 16.4. The molecule has 3 aromatic rings. The summed E-state index contributed by atoms with van der Waals surface area (Å²) in [5.41, 5.74) is 0.716. The molecule has 0 aliphatic heterocycles. The summed E-state index contributed by atoms with van der Waals surface area (Å²) in [5, 5.41) is 10.7. The summed E-state index contributed by atoms with van der Waals surface area (Å²) in [6.45, 7) is 0.